The summed E-state index contributed by atoms with van der Waals surface area (Å²) in [5.74, 6) is 1.63. The van der Waals surface area contributed by atoms with Crippen molar-refractivity contribution in [3.05, 3.63) is 71.8 Å². The largest absolute Gasteiger partial charge is 0.497 e. The van der Waals surface area contributed by atoms with E-state index in [1.54, 1.807) is 24.6 Å². The van der Waals surface area contributed by atoms with Gasteiger partial charge in [-0.2, -0.15) is 4.31 Å². The van der Waals surface area contributed by atoms with Gasteiger partial charge in [0.1, 0.15) is 11.5 Å². The summed E-state index contributed by atoms with van der Waals surface area (Å²) in [5.41, 5.74) is 3.00. The van der Waals surface area contributed by atoms with E-state index in [4.69, 9.17) is 9.47 Å². The van der Waals surface area contributed by atoms with Gasteiger partial charge in [0, 0.05) is 13.1 Å². The second-order valence-electron chi connectivity index (χ2n) is 6.85. The van der Waals surface area contributed by atoms with Gasteiger partial charge < -0.3 is 9.47 Å². The minimum absolute atomic E-state index is 0.104. The van der Waals surface area contributed by atoms with Crippen LogP contribution in [0, 0.1) is 0 Å². The highest BCUT2D eigenvalue weighted by Crippen LogP contribution is 2.23. The third kappa shape index (κ3) is 6.61. The second kappa shape index (κ2) is 11.0. The molecule has 0 N–H and O–H groups in total. The fourth-order valence-corrected chi connectivity index (χ4v) is 4.60. The van der Waals surface area contributed by atoms with Gasteiger partial charge in [-0.1, -0.05) is 31.2 Å². The number of allylic oxidation sites excluding steroid dienone is 1. The molecule has 6 heteroatoms. The minimum Gasteiger partial charge on any atom is -0.497 e. The van der Waals surface area contributed by atoms with Gasteiger partial charge in [-0.3, -0.25) is 0 Å². The summed E-state index contributed by atoms with van der Waals surface area (Å²) in [4.78, 5) is 0. The molecule has 5 nitrogen and oxygen atoms in total. The average molecular weight is 418 g/mol. The number of methoxy groups -OCH3 is 2. The second-order valence-corrected chi connectivity index (χ2v) is 8.94. The van der Waals surface area contributed by atoms with Gasteiger partial charge in [0.2, 0.25) is 10.0 Å². The smallest absolute Gasteiger partial charge is 0.214 e. The molecule has 2 rings (SSSR count). The molecule has 0 fully saturated rings. The van der Waals surface area contributed by atoms with Crippen LogP contribution in [-0.2, 0) is 29.5 Å². The van der Waals surface area contributed by atoms with Crippen LogP contribution in [0.2, 0.25) is 0 Å². The Balaban J connectivity index is 2.31. The quantitative estimate of drug-likeness (QED) is 0.375. The molecule has 2 aromatic rings. The summed E-state index contributed by atoms with van der Waals surface area (Å²) in [7, 11) is -0.178. The summed E-state index contributed by atoms with van der Waals surface area (Å²) >= 11 is 0. The third-order valence-electron chi connectivity index (χ3n) is 4.86. The maximum absolute atomic E-state index is 13.1. The first-order valence-electron chi connectivity index (χ1n) is 9.81. The van der Waals surface area contributed by atoms with E-state index in [2.05, 4.69) is 13.5 Å². The van der Waals surface area contributed by atoms with Gasteiger partial charge in [-0.05, 0) is 60.2 Å². The first kappa shape index (κ1) is 23.0. The third-order valence-corrected chi connectivity index (χ3v) is 6.71. The summed E-state index contributed by atoms with van der Waals surface area (Å²) in [6, 6.07) is 13.3. The van der Waals surface area contributed by atoms with Gasteiger partial charge in [-0.25, -0.2) is 8.42 Å². The molecule has 0 amide bonds. The van der Waals surface area contributed by atoms with Crippen molar-refractivity contribution in [1.82, 2.24) is 4.31 Å². The van der Waals surface area contributed by atoms with Crippen LogP contribution in [0.15, 0.2) is 55.1 Å². The summed E-state index contributed by atoms with van der Waals surface area (Å²) in [6.07, 6.45) is 3.80. The van der Waals surface area contributed by atoms with Crippen molar-refractivity contribution >= 4 is 10.0 Å². The molecule has 0 spiro atoms. The van der Waals surface area contributed by atoms with Gasteiger partial charge in [-0.15, -0.1) is 6.58 Å². The lowest BCUT2D eigenvalue weighted by Gasteiger charge is -2.24. The minimum atomic E-state index is -3.42. The van der Waals surface area contributed by atoms with Gasteiger partial charge in [0.25, 0.3) is 0 Å². The molecule has 158 valence electrons. The molecule has 0 bridgehead atoms. The van der Waals surface area contributed by atoms with Crippen LogP contribution in [0.4, 0.5) is 0 Å². The Morgan fingerprint density at radius 2 is 1.62 bits per heavy atom. The first-order chi connectivity index (χ1) is 13.9. The van der Waals surface area contributed by atoms with Crippen molar-refractivity contribution in [2.24, 2.45) is 0 Å². The van der Waals surface area contributed by atoms with Gasteiger partial charge in [0.05, 0.1) is 20.0 Å². The fourth-order valence-electron chi connectivity index (χ4n) is 3.13. The molecule has 0 heterocycles. The molecule has 0 aromatic heterocycles. The van der Waals surface area contributed by atoms with Crippen molar-refractivity contribution < 1.29 is 17.9 Å². The lowest BCUT2D eigenvalue weighted by Crippen LogP contribution is -2.32. The summed E-state index contributed by atoms with van der Waals surface area (Å²) in [6.45, 7) is 6.39. The SMILES string of the molecule is C=CCCCS(=O)(=O)N(Cc1ccc(OC)cc1)Cc1ccc(OC)cc1CC. The molecule has 0 atom stereocenters. The highest BCUT2D eigenvalue weighted by Gasteiger charge is 2.23. The van der Waals surface area contributed by atoms with Crippen LogP contribution in [0.3, 0.4) is 0 Å². The normalized spacial score (nSPS) is 11.4. The zero-order chi connectivity index (χ0) is 21.3. The van der Waals surface area contributed by atoms with E-state index in [1.807, 2.05) is 42.5 Å². The standard InChI is InChI=1S/C23H31NO4S/c1-5-7-8-15-29(25,26)24(17-19-9-12-22(27-3)13-10-19)18-21-11-14-23(28-4)16-20(21)6-2/h5,9-14,16H,1,6-8,15,17-18H2,2-4H3. The molecule has 0 aliphatic heterocycles. The number of benzene rings is 2. The predicted molar refractivity (Wildman–Crippen MR) is 118 cm³/mol. The van der Waals surface area contributed by atoms with Gasteiger partial charge in [0.15, 0.2) is 0 Å². The molecular weight excluding hydrogens is 386 g/mol. The van der Waals surface area contributed by atoms with Crippen LogP contribution in [0.25, 0.3) is 0 Å². The number of hydrogen-bond donors (Lipinski definition) is 0. The summed E-state index contributed by atoms with van der Waals surface area (Å²) in [5, 5.41) is 0. The molecule has 0 saturated carbocycles. The van der Waals surface area contributed by atoms with Crippen molar-refractivity contribution in [1.29, 1.82) is 0 Å². The molecule has 0 aliphatic carbocycles. The van der Waals surface area contributed by atoms with Crippen LogP contribution in [0.5, 0.6) is 11.5 Å². The zero-order valence-electron chi connectivity index (χ0n) is 17.6. The van der Waals surface area contributed by atoms with E-state index in [9.17, 15) is 8.42 Å². The van der Waals surface area contributed by atoms with Crippen LogP contribution >= 0.6 is 0 Å². The Morgan fingerprint density at radius 3 is 2.21 bits per heavy atom. The Morgan fingerprint density at radius 1 is 0.966 bits per heavy atom. The summed E-state index contributed by atoms with van der Waals surface area (Å²) < 4.78 is 38.3. The van der Waals surface area contributed by atoms with Crippen LogP contribution < -0.4 is 9.47 Å². The molecule has 29 heavy (non-hydrogen) atoms. The zero-order valence-corrected chi connectivity index (χ0v) is 18.4. The Bertz CT molecular complexity index is 892. The highest BCUT2D eigenvalue weighted by molar-refractivity contribution is 7.89. The number of aryl methyl sites for hydroxylation is 1. The van der Waals surface area contributed by atoms with E-state index in [-0.39, 0.29) is 5.75 Å². The number of sulfonamides is 1. The Kier molecular flexibility index (Phi) is 8.73. The first-order valence-corrected chi connectivity index (χ1v) is 11.4. The lowest BCUT2D eigenvalue weighted by atomic mass is 10.0. The van der Waals surface area contributed by atoms with Crippen molar-refractivity contribution in [2.45, 2.75) is 39.3 Å². The van der Waals surface area contributed by atoms with Crippen molar-refractivity contribution in [3.8, 4) is 11.5 Å². The van der Waals surface area contributed by atoms with E-state index in [1.165, 1.54) is 0 Å². The maximum Gasteiger partial charge on any atom is 0.214 e. The predicted octanol–water partition coefficient (Wildman–Crippen LogP) is 4.56. The number of nitrogens with zero attached hydrogens (tertiary/aromatic N) is 1. The van der Waals surface area contributed by atoms with E-state index >= 15 is 0 Å². The average Bonchev–Trinajstić information content (AvgIpc) is 2.74. The topological polar surface area (TPSA) is 55.8 Å². The monoisotopic (exact) mass is 417 g/mol. The molecule has 0 aliphatic rings. The fraction of sp³-hybridized carbons (Fsp3) is 0.391. The molecular formula is C23H31NO4S. The molecule has 0 radical (unpaired) electrons. The van der Waals surface area contributed by atoms with Gasteiger partial charge >= 0.3 is 0 Å². The number of hydrogen-bond acceptors (Lipinski definition) is 4. The molecule has 0 unspecified atom stereocenters. The lowest BCUT2D eigenvalue weighted by molar-refractivity contribution is 0.396. The van der Waals surface area contributed by atoms with E-state index < -0.39 is 10.0 Å². The number of ether oxygens (including phenoxy) is 2. The van der Waals surface area contributed by atoms with E-state index in [0.717, 1.165) is 34.6 Å². The molecule has 0 saturated heterocycles. The van der Waals surface area contributed by atoms with Crippen LogP contribution in [0.1, 0.15) is 36.5 Å². The van der Waals surface area contributed by atoms with Crippen molar-refractivity contribution in [3.63, 3.8) is 0 Å². The number of unbranched alkanes of at least 4 members (excludes halogenated alkanes) is 1. The Labute approximate surface area is 175 Å². The van der Waals surface area contributed by atoms with Crippen LogP contribution in [-0.4, -0.2) is 32.7 Å². The molecule has 2 aromatic carbocycles. The Hall–Kier alpha value is -2.31. The highest BCUT2D eigenvalue weighted by atomic mass is 32.2. The maximum atomic E-state index is 13.1. The number of rotatable bonds is 12. The van der Waals surface area contributed by atoms with E-state index in [0.29, 0.717) is 25.9 Å². The van der Waals surface area contributed by atoms with Crippen molar-refractivity contribution in [2.75, 3.05) is 20.0 Å².